The Morgan fingerprint density at radius 2 is 1.70 bits per heavy atom. The second kappa shape index (κ2) is 14.0. The molecule has 1 N–H and O–H groups in total. The van der Waals surface area contributed by atoms with Crippen molar-refractivity contribution in [3.63, 3.8) is 0 Å². The molecule has 0 heterocycles. The summed E-state index contributed by atoms with van der Waals surface area (Å²) in [4.78, 5) is 27.9. The first-order valence-corrected chi connectivity index (χ1v) is 14.7. The predicted octanol–water partition coefficient (Wildman–Crippen LogP) is 5.40. The summed E-state index contributed by atoms with van der Waals surface area (Å²) in [5, 5.41) is 3.47. The molecule has 2 rings (SSSR count). The van der Waals surface area contributed by atoms with Gasteiger partial charge < -0.3 is 10.2 Å². The zero-order valence-electron chi connectivity index (χ0n) is 21.5. The standard InChI is InChI=1S/C26H34Cl2FN3O4S/c1-5-18(3)30-26(34)23(6-2)31(17-19-9-12-21(29)13-10-19)25(33)8-7-15-32(37(4,35)36)24-16-20(27)11-14-22(24)28/h9-14,16,18,23H,5-8,15,17H2,1-4H3,(H,30,34)/t18-,23+/m0/s1. The number of anilines is 1. The lowest BCUT2D eigenvalue weighted by molar-refractivity contribution is -0.141. The van der Waals surface area contributed by atoms with E-state index in [9.17, 15) is 22.4 Å². The Kier molecular flexibility index (Phi) is 11.7. The van der Waals surface area contributed by atoms with Crippen LogP contribution in [-0.4, -0.2) is 50.0 Å². The Bertz CT molecular complexity index is 1180. The van der Waals surface area contributed by atoms with Gasteiger partial charge in [0.2, 0.25) is 21.8 Å². The van der Waals surface area contributed by atoms with Crippen LogP contribution in [0.2, 0.25) is 10.0 Å². The lowest BCUT2D eigenvalue weighted by atomic mass is 10.1. The highest BCUT2D eigenvalue weighted by molar-refractivity contribution is 7.92. The monoisotopic (exact) mass is 573 g/mol. The molecule has 0 bridgehead atoms. The Morgan fingerprint density at radius 3 is 2.27 bits per heavy atom. The lowest BCUT2D eigenvalue weighted by Gasteiger charge is -2.32. The molecule has 0 fully saturated rings. The summed E-state index contributed by atoms with van der Waals surface area (Å²) in [6.45, 7) is 5.76. The zero-order valence-corrected chi connectivity index (χ0v) is 23.8. The van der Waals surface area contributed by atoms with Crippen LogP contribution in [0.1, 0.15) is 52.0 Å². The van der Waals surface area contributed by atoms with Gasteiger partial charge in [0.05, 0.1) is 17.0 Å². The summed E-state index contributed by atoms with van der Waals surface area (Å²) >= 11 is 12.3. The normalized spacial score (nSPS) is 13.1. The van der Waals surface area contributed by atoms with E-state index in [0.717, 1.165) is 17.0 Å². The predicted molar refractivity (Wildman–Crippen MR) is 147 cm³/mol. The van der Waals surface area contributed by atoms with Crippen LogP contribution in [0, 0.1) is 5.82 Å². The number of hydrogen-bond acceptors (Lipinski definition) is 4. The maximum Gasteiger partial charge on any atom is 0.243 e. The maximum atomic E-state index is 13.4. The van der Waals surface area contributed by atoms with E-state index in [0.29, 0.717) is 17.0 Å². The number of carbonyl (C=O) groups is 2. The summed E-state index contributed by atoms with van der Waals surface area (Å²) in [6, 6.07) is 9.47. The minimum absolute atomic E-state index is 0.00905. The van der Waals surface area contributed by atoms with Crippen LogP contribution in [0.15, 0.2) is 42.5 Å². The molecule has 37 heavy (non-hydrogen) atoms. The van der Waals surface area contributed by atoms with Crippen molar-refractivity contribution in [1.82, 2.24) is 10.2 Å². The van der Waals surface area contributed by atoms with Gasteiger partial charge in [0.15, 0.2) is 0 Å². The van der Waals surface area contributed by atoms with E-state index in [1.807, 2.05) is 20.8 Å². The molecule has 0 radical (unpaired) electrons. The number of sulfonamides is 1. The molecule has 2 aromatic carbocycles. The minimum atomic E-state index is -3.71. The van der Waals surface area contributed by atoms with Crippen LogP contribution < -0.4 is 9.62 Å². The molecule has 7 nitrogen and oxygen atoms in total. The minimum Gasteiger partial charge on any atom is -0.352 e. The number of hydrogen-bond donors (Lipinski definition) is 1. The quantitative estimate of drug-likeness (QED) is 0.347. The first kappa shape index (κ1) is 30.9. The average Bonchev–Trinajstić information content (AvgIpc) is 2.83. The van der Waals surface area contributed by atoms with Crippen molar-refractivity contribution in [2.75, 3.05) is 17.1 Å². The van der Waals surface area contributed by atoms with Crippen LogP contribution in [0.3, 0.4) is 0 Å². The summed E-state index contributed by atoms with van der Waals surface area (Å²) in [7, 11) is -3.71. The number of nitrogens with one attached hydrogen (secondary N) is 1. The Balaban J connectivity index is 2.25. The topological polar surface area (TPSA) is 86.8 Å². The molecule has 2 atom stereocenters. The van der Waals surface area contributed by atoms with Gasteiger partial charge in [-0.05, 0) is 62.1 Å². The first-order valence-electron chi connectivity index (χ1n) is 12.1. The molecule has 204 valence electrons. The van der Waals surface area contributed by atoms with Gasteiger partial charge in [0.1, 0.15) is 11.9 Å². The van der Waals surface area contributed by atoms with Crippen LogP contribution in [-0.2, 0) is 26.2 Å². The third-order valence-corrected chi connectivity index (χ3v) is 7.72. The largest absolute Gasteiger partial charge is 0.352 e. The van der Waals surface area contributed by atoms with Gasteiger partial charge in [0, 0.05) is 30.6 Å². The molecule has 0 aliphatic rings. The van der Waals surface area contributed by atoms with E-state index in [1.54, 1.807) is 18.2 Å². The van der Waals surface area contributed by atoms with Crippen molar-refractivity contribution in [1.29, 1.82) is 0 Å². The first-order chi connectivity index (χ1) is 17.4. The van der Waals surface area contributed by atoms with Gasteiger partial charge >= 0.3 is 0 Å². The van der Waals surface area contributed by atoms with E-state index >= 15 is 0 Å². The van der Waals surface area contributed by atoms with Gasteiger partial charge in [-0.15, -0.1) is 0 Å². The molecule has 0 saturated heterocycles. The number of carbonyl (C=O) groups excluding carboxylic acids is 2. The van der Waals surface area contributed by atoms with Gasteiger partial charge in [-0.25, -0.2) is 12.8 Å². The van der Waals surface area contributed by atoms with E-state index in [2.05, 4.69) is 5.32 Å². The van der Waals surface area contributed by atoms with Crippen molar-refractivity contribution in [2.24, 2.45) is 0 Å². The summed E-state index contributed by atoms with van der Waals surface area (Å²) in [5.74, 6) is -0.986. The third-order valence-electron chi connectivity index (χ3n) is 5.98. The molecule has 0 unspecified atom stereocenters. The van der Waals surface area contributed by atoms with E-state index < -0.39 is 21.9 Å². The van der Waals surface area contributed by atoms with E-state index in [4.69, 9.17) is 23.2 Å². The summed E-state index contributed by atoms with van der Waals surface area (Å²) in [5.41, 5.74) is 0.902. The van der Waals surface area contributed by atoms with Crippen LogP contribution in [0.25, 0.3) is 0 Å². The molecule has 2 amide bonds. The number of amides is 2. The van der Waals surface area contributed by atoms with Gasteiger partial charge in [0.25, 0.3) is 0 Å². The van der Waals surface area contributed by atoms with Gasteiger partial charge in [-0.3, -0.25) is 13.9 Å². The van der Waals surface area contributed by atoms with Crippen molar-refractivity contribution in [3.8, 4) is 0 Å². The molecule has 0 aromatic heterocycles. The Hall–Kier alpha value is -2.36. The van der Waals surface area contributed by atoms with Crippen LogP contribution in [0.5, 0.6) is 0 Å². The Morgan fingerprint density at radius 1 is 1.05 bits per heavy atom. The fourth-order valence-corrected chi connectivity index (χ4v) is 5.21. The molecule has 0 saturated carbocycles. The Labute approximate surface area is 229 Å². The zero-order chi connectivity index (χ0) is 27.8. The molecular formula is C26H34Cl2FN3O4S. The highest BCUT2D eigenvalue weighted by Gasteiger charge is 2.29. The second-order valence-corrected chi connectivity index (χ2v) is 11.7. The molecule has 0 aliphatic heterocycles. The SMILES string of the molecule is CC[C@H](C(=O)N[C@@H](C)CC)N(Cc1ccc(F)cc1)C(=O)CCCN(c1cc(Cl)ccc1Cl)S(C)(=O)=O. The second-order valence-electron chi connectivity index (χ2n) is 8.92. The van der Waals surface area contributed by atoms with Crippen LogP contribution in [0.4, 0.5) is 10.1 Å². The van der Waals surface area contributed by atoms with E-state index in [-0.39, 0.29) is 54.5 Å². The molecule has 0 aliphatic carbocycles. The smallest absolute Gasteiger partial charge is 0.243 e. The number of nitrogens with zero attached hydrogens (tertiary/aromatic N) is 2. The van der Waals surface area contributed by atoms with Crippen LogP contribution >= 0.6 is 23.2 Å². The van der Waals surface area contributed by atoms with Crippen molar-refractivity contribution in [3.05, 3.63) is 63.9 Å². The molecule has 0 spiro atoms. The maximum absolute atomic E-state index is 13.4. The number of halogens is 3. The molecular weight excluding hydrogens is 540 g/mol. The van der Waals surface area contributed by atoms with Crippen molar-refractivity contribution >= 4 is 50.7 Å². The average molecular weight is 575 g/mol. The van der Waals surface area contributed by atoms with Crippen molar-refractivity contribution < 1.29 is 22.4 Å². The van der Waals surface area contributed by atoms with Gasteiger partial charge in [-0.1, -0.05) is 49.2 Å². The number of rotatable bonds is 13. The van der Waals surface area contributed by atoms with E-state index in [1.165, 1.54) is 29.2 Å². The molecule has 2 aromatic rings. The number of benzene rings is 2. The summed E-state index contributed by atoms with van der Waals surface area (Å²) < 4.78 is 39.5. The fourth-order valence-electron chi connectivity index (χ4n) is 3.81. The highest BCUT2D eigenvalue weighted by atomic mass is 35.5. The lowest BCUT2D eigenvalue weighted by Crippen LogP contribution is -2.50. The molecule has 11 heteroatoms. The summed E-state index contributed by atoms with van der Waals surface area (Å²) in [6.07, 6.45) is 2.33. The third kappa shape index (κ3) is 9.16. The highest BCUT2D eigenvalue weighted by Crippen LogP contribution is 2.31. The van der Waals surface area contributed by atoms with Crippen molar-refractivity contribution in [2.45, 2.75) is 65.1 Å². The fraction of sp³-hybridized carbons (Fsp3) is 0.462. The van der Waals surface area contributed by atoms with Gasteiger partial charge in [-0.2, -0.15) is 0 Å².